The zero-order chi connectivity index (χ0) is 22.5. The Morgan fingerprint density at radius 2 is 1.78 bits per heavy atom. The molecule has 0 aliphatic carbocycles. The summed E-state index contributed by atoms with van der Waals surface area (Å²) in [5.41, 5.74) is 0.968. The van der Waals surface area contributed by atoms with Crippen molar-refractivity contribution in [2.24, 2.45) is 0 Å². The van der Waals surface area contributed by atoms with Gasteiger partial charge < -0.3 is 9.47 Å². The second kappa shape index (κ2) is 9.13. The van der Waals surface area contributed by atoms with Crippen LogP contribution >= 0.6 is 0 Å². The Balaban J connectivity index is 1.60. The van der Waals surface area contributed by atoms with Crippen molar-refractivity contribution in [1.82, 2.24) is 0 Å². The molecule has 0 spiro atoms. The molecule has 1 amide bonds. The second-order valence-corrected chi connectivity index (χ2v) is 6.87. The fourth-order valence-electron chi connectivity index (χ4n) is 3.36. The maximum atomic E-state index is 12.4. The van der Waals surface area contributed by atoms with Gasteiger partial charge in [0.15, 0.2) is 0 Å². The number of hydrogen-bond acceptors (Lipinski definition) is 6. The summed E-state index contributed by atoms with van der Waals surface area (Å²) < 4.78 is 10.3. The minimum absolute atomic E-state index is 0.0841. The Morgan fingerprint density at radius 1 is 1.09 bits per heavy atom. The Labute approximate surface area is 183 Å². The molecule has 0 saturated carbocycles. The molecule has 1 aliphatic rings. The average molecular weight is 429 g/mol. The van der Waals surface area contributed by atoms with E-state index in [4.69, 9.17) is 9.47 Å². The molecule has 3 aromatic rings. The standard InChI is InChI=1S/C24H17N2O6/c27-23(32-19-9-5-2-6-10-19)14-12-17-11-13-20(21(15-17)26(29)30)25-22(16-31-24(25)28)18-7-3-1-4-8-18/h1-13,15,22H,16H2/t22-/m0/s1. The van der Waals surface area contributed by atoms with Crippen LogP contribution in [0.1, 0.15) is 17.2 Å². The van der Waals surface area contributed by atoms with E-state index in [1.54, 1.807) is 36.4 Å². The van der Waals surface area contributed by atoms with Crippen LogP contribution in [0.2, 0.25) is 0 Å². The number of carbonyl (C=O) groups excluding carboxylic acids is 2. The minimum Gasteiger partial charge on any atom is -0.447 e. The highest BCUT2D eigenvalue weighted by Crippen LogP contribution is 2.38. The van der Waals surface area contributed by atoms with Gasteiger partial charge in [0.05, 0.1) is 17.0 Å². The van der Waals surface area contributed by atoms with E-state index >= 15 is 0 Å². The van der Waals surface area contributed by atoms with Gasteiger partial charge in [-0.05, 0) is 35.4 Å². The SMILES string of the molecule is O=C(/[C]=C/c1ccc(N2C(=O)OC[C@H]2c2ccccc2)c([N+](=O)[O-])c1)Oc1ccccc1. The summed E-state index contributed by atoms with van der Waals surface area (Å²) in [5, 5.41) is 11.8. The lowest BCUT2D eigenvalue weighted by atomic mass is 10.1. The minimum atomic E-state index is -0.741. The van der Waals surface area contributed by atoms with Crippen molar-refractivity contribution >= 4 is 29.5 Å². The van der Waals surface area contributed by atoms with Gasteiger partial charge in [-0.2, -0.15) is 0 Å². The first-order chi connectivity index (χ1) is 15.5. The molecular formula is C24H17N2O6. The van der Waals surface area contributed by atoms with E-state index in [1.165, 1.54) is 23.1 Å². The topological polar surface area (TPSA) is 99.0 Å². The van der Waals surface area contributed by atoms with E-state index in [-0.39, 0.29) is 18.0 Å². The van der Waals surface area contributed by atoms with Crippen LogP contribution in [0.4, 0.5) is 16.2 Å². The molecule has 1 heterocycles. The molecule has 4 rings (SSSR count). The van der Waals surface area contributed by atoms with Crippen LogP contribution in [0, 0.1) is 16.2 Å². The van der Waals surface area contributed by atoms with Gasteiger partial charge in [-0.25, -0.2) is 9.59 Å². The number of carbonyl (C=O) groups is 2. The number of ether oxygens (including phenoxy) is 2. The van der Waals surface area contributed by atoms with Crippen LogP contribution in [-0.4, -0.2) is 23.6 Å². The van der Waals surface area contributed by atoms with Gasteiger partial charge in [0.25, 0.3) is 5.69 Å². The fraction of sp³-hybridized carbons (Fsp3) is 0.0833. The van der Waals surface area contributed by atoms with Gasteiger partial charge in [0.1, 0.15) is 18.0 Å². The predicted octanol–water partition coefficient (Wildman–Crippen LogP) is 4.71. The molecule has 8 nitrogen and oxygen atoms in total. The smallest absolute Gasteiger partial charge is 0.415 e. The highest BCUT2D eigenvalue weighted by atomic mass is 16.6. The molecule has 1 fully saturated rings. The predicted molar refractivity (Wildman–Crippen MR) is 116 cm³/mol. The van der Waals surface area contributed by atoms with Crippen molar-refractivity contribution in [3.8, 4) is 5.75 Å². The highest BCUT2D eigenvalue weighted by molar-refractivity contribution is 5.94. The van der Waals surface area contributed by atoms with Gasteiger partial charge in [-0.15, -0.1) is 0 Å². The number of hydrogen-bond donors (Lipinski definition) is 0. The third-order valence-corrected chi connectivity index (χ3v) is 4.82. The molecule has 0 aromatic heterocycles. The van der Waals surface area contributed by atoms with Crippen molar-refractivity contribution in [2.75, 3.05) is 11.5 Å². The number of nitro benzene ring substituents is 1. The molecule has 8 heteroatoms. The first-order valence-electron chi connectivity index (χ1n) is 9.69. The van der Waals surface area contributed by atoms with Crippen molar-refractivity contribution < 1.29 is 24.0 Å². The number of nitrogens with zero attached hydrogens (tertiary/aromatic N) is 2. The normalized spacial score (nSPS) is 15.6. The third kappa shape index (κ3) is 4.49. The van der Waals surface area contributed by atoms with E-state index < -0.39 is 23.0 Å². The van der Waals surface area contributed by atoms with Crippen LogP contribution in [0.5, 0.6) is 5.75 Å². The van der Waals surface area contributed by atoms with E-state index in [0.717, 1.165) is 5.56 Å². The maximum Gasteiger partial charge on any atom is 0.415 e. The number of nitro groups is 1. The molecule has 1 radical (unpaired) electrons. The largest absolute Gasteiger partial charge is 0.447 e. The molecule has 1 aliphatic heterocycles. The van der Waals surface area contributed by atoms with Gasteiger partial charge in [0.2, 0.25) is 0 Å². The summed E-state index contributed by atoms with van der Waals surface area (Å²) in [6.07, 6.45) is 3.06. The number of anilines is 1. The van der Waals surface area contributed by atoms with Gasteiger partial charge in [-0.3, -0.25) is 15.0 Å². The summed E-state index contributed by atoms with van der Waals surface area (Å²) in [6.45, 7) is 0.0841. The summed E-state index contributed by atoms with van der Waals surface area (Å²) >= 11 is 0. The van der Waals surface area contributed by atoms with Crippen molar-refractivity contribution in [1.29, 1.82) is 0 Å². The number of rotatable bonds is 6. The molecule has 0 N–H and O–H groups in total. The lowest BCUT2D eigenvalue weighted by Crippen LogP contribution is -2.28. The lowest BCUT2D eigenvalue weighted by molar-refractivity contribution is -0.384. The molecule has 159 valence electrons. The van der Waals surface area contributed by atoms with Crippen LogP contribution < -0.4 is 9.64 Å². The van der Waals surface area contributed by atoms with Gasteiger partial charge >= 0.3 is 12.1 Å². The second-order valence-electron chi connectivity index (χ2n) is 6.87. The number of para-hydroxylation sites is 1. The maximum absolute atomic E-state index is 12.4. The van der Waals surface area contributed by atoms with Crippen LogP contribution in [-0.2, 0) is 9.53 Å². The fourth-order valence-corrected chi connectivity index (χ4v) is 3.36. The zero-order valence-electron chi connectivity index (χ0n) is 16.7. The van der Waals surface area contributed by atoms with Crippen LogP contribution in [0.25, 0.3) is 6.08 Å². The summed E-state index contributed by atoms with van der Waals surface area (Å²) in [6, 6.07) is 21.4. The Kier molecular flexibility index (Phi) is 5.94. The first kappa shape index (κ1) is 20.8. The molecule has 1 saturated heterocycles. The van der Waals surface area contributed by atoms with Gasteiger partial charge in [0, 0.05) is 6.07 Å². The number of esters is 1. The van der Waals surface area contributed by atoms with E-state index in [1.807, 2.05) is 30.3 Å². The number of benzene rings is 3. The monoisotopic (exact) mass is 429 g/mol. The average Bonchev–Trinajstić information content (AvgIpc) is 3.20. The van der Waals surface area contributed by atoms with E-state index in [0.29, 0.717) is 11.3 Å². The molecule has 32 heavy (non-hydrogen) atoms. The van der Waals surface area contributed by atoms with E-state index in [2.05, 4.69) is 6.08 Å². The highest BCUT2D eigenvalue weighted by Gasteiger charge is 2.38. The van der Waals surface area contributed by atoms with Crippen LogP contribution in [0.3, 0.4) is 0 Å². The number of cyclic esters (lactones) is 1. The van der Waals surface area contributed by atoms with Crippen molar-refractivity contribution in [3.63, 3.8) is 0 Å². The lowest BCUT2D eigenvalue weighted by Gasteiger charge is -2.21. The molecule has 0 unspecified atom stereocenters. The van der Waals surface area contributed by atoms with Crippen LogP contribution in [0.15, 0.2) is 78.9 Å². The van der Waals surface area contributed by atoms with E-state index in [9.17, 15) is 19.7 Å². The zero-order valence-corrected chi connectivity index (χ0v) is 16.7. The quantitative estimate of drug-likeness (QED) is 0.185. The van der Waals surface area contributed by atoms with Crippen molar-refractivity contribution in [3.05, 3.63) is 106 Å². The Hall–Kier alpha value is -4.46. The Morgan fingerprint density at radius 3 is 2.47 bits per heavy atom. The summed E-state index contributed by atoms with van der Waals surface area (Å²) in [5.74, 6) is -0.380. The third-order valence-electron chi connectivity index (χ3n) is 4.82. The molecular weight excluding hydrogens is 412 g/mol. The summed E-state index contributed by atoms with van der Waals surface area (Å²) in [7, 11) is 0. The molecule has 1 atom stereocenters. The first-order valence-corrected chi connectivity index (χ1v) is 9.69. The van der Waals surface area contributed by atoms with Gasteiger partial charge in [-0.1, -0.05) is 54.6 Å². The van der Waals surface area contributed by atoms with Crippen molar-refractivity contribution in [2.45, 2.75) is 6.04 Å². The molecule has 3 aromatic carbocycles. The molecule has 0 bridgehead atoms. The Bertz CT molecular complexity index is 1180. The number of amides is 1. The summed E-state index contributed by atoms with van der Waals surface area (Å²) in [4.78, 5) is 36.8.